The molecule has 1 saturated heterocycles. The molecule has 0 aliphatic carbocycles. The van der Waals surface area contributed by atoms with E-state index in [1.807, 2.05) is 48.0 Å². The second-order valence-electron chi connectivity index (χ2n) is 7.25. The van der Waals surface area contributed by atoms with Gasteiger partial charge in [-0.05, 0) is 38.2 Å². The van der Waals surface area contributed by atoms with Crippen LogP contribution in [0.2, 0.25) is 0 Å². The number of piperazine rings is 1. The normalized spacial score (nSPS) is 15.2. The van der Waals surface area contributed by atoms with Gasteiger partial charge in [0.05, 0.1) is 19.4 Å². The standard InChI is InChI=1S/C22H29N3O5/c1-17(23(2)14-16-30-19-8-5-4-7-18(19)28-3)21(26)24-10-12-25(13-11-24)22(27)20-9-6-15-29-20/h4-9,15,17H,10-14,16H2,1-3H3. The first-order valence-electron chi connectivity index (χ1n) is 10.1. The second kappa shape index (κ2) is 10.2. The number of hydrogen-bond acceptors (Lipinski definition) is 6. The van der Waals surface area contributed by atoms with E-state index < -0.39 is 0 Å². The maximum absolute atomic E-state index is 12.9. The van der Waals surface area contributed by atoms with Crippen molar-refractivity contribution in [1.82, 2.24) is 14.7 Å². The quantitative estimate of drug-likeness (QED) is 0.656. The van der Waals surface area contributed by atoms with Gasteiger partial charge in [-0.3, -0.25) is 14.5 Å². The maximum Gasteiger partial charge on any atom is 0.289 e. The van der Waals surface area contributed by atoms with Gasteiger partial charge in [-0.1, -0.05) is 12.1 Å². The number of benzene rings is 1. The molecule has 1 aliphatic rings. The van der Waals surface area contributed by atoms with Crippen molar-refractivity contribution in [1.29, 1.82) is 0 Å². The van der Waals surface area contributed by atoms with Crippen LogP contribution < -0.4 is 9.47 Å². The van der Waals surface area contributed by atoms with Gasteiger partial charge in [0.25, 0.3) is 5.91 Å². The molecule has 0 radical (unpaired) electrons. The monoisotopic (exact) mass is 415 g/mol. The molecule has 1 aromatic heterocycles. The van der Waals surface area contributed by atoms with Gasteiger partial charge in [-0.15, -0.1) is 0 Å². The maximum atomic E-state index is 12.9. The molecule has 0 spiro atoms. The minimum absolute atomic E-state index is 0.0555. The minimum Gasteiger partial charge on any atom is -0.493 e. The third-order valence-electron chi connectivity index (χ3n) is 5.40. The highest BCUT2D eigenvalue weighted by atomic mass is 16.5. The van der Waals surface area contributed by atoms with Crippen molar-refractivity contribution in [3.8, 4) is 11.5 Å². The summed E-state index contributed by atoms with van der Waals surface area (Å²) in [4.78, 5) is 30.7. The predicted octanol–water partition coefficient (Wildman–Crippen LogP) is 1.97. The number of carbonyl (C=O) groups is 2. The lowest BCUT2D eigenvalue weighted by Crippen LogP contribution is -2.55. The van der Waals surface area contributed by atoms with Crippen LogP contribution in [0.25, 0.3) is 0 Å². The first-order valence-corrected chi connectivity index (χ1v) is 10.1. The zero-order valence-electron chi connectivity index (χ0n) is 17.7. The van der Waals surface area contributed by atoms with E-state index in [-0.39, 0.29) is 17.9 Å². The van der Waals surface area contributed by atoms with Crippen LogP contribution >= 0.6 is 0 Å². The Labute approximate surface area is 176 Å². The first-order chi connectivity index (χ1) is 14.5. The van der Waals surface area contributed by atoms with Crippen LogP contribution in [0.15, 0.2) is 47.1 Å². The van der Waals surface area contributed by atoms with E-state index >= 15 is 0 Å². The molecule has 1 unspecified atom stereocenters. The lowest BCUT2D eigenvalue weighted by molar-refractivity contribution is -0.137. The van der Waals surface area contributed by atoms with Crippen LogP contribution in [0, 0.1) is 0 Å². The van der Waals surface area contributed by atoms with Gasteiger partial charge in [0.15, 0.2) is 17.3 Å². The summed E-state index contributed by atoms with van der Waals surface area (Å²) in [7, 11) is 3.52. The van der Waals surface area contributed by atoms with E-state index in [9.17, 15) is 9.59 Å². The molecule has 8 heteroatoms. The van der Waals surface area contributed by atoms with E-state index in [4.69, 9.17) is 13.9 Å². The molecule has 3 rings (SSSR count). The summed E-state index contributed by atoms with van der Waals surface area (Å²) in [6, 6.07) is 10.6. The Hall–Kier alpha value is -3.00. The van der Waals surface area contributed by atoms with Crippen molar-refractivity contribution in [2.75, 3.05) is 53.5 Å². The molecule has 2 heterocycles. The summed E-state index contributed by atoms with van der Waals surface area (Å²) in [5.74, 6) is 1.62. The molecular formula is C22H29N3O5. The number of rotatable bonds is 8. The molecule has 0 bridgehead atoms. The van der Waals surface area contributed by atoms with Crippen LogP contribution in [-0.2, 0) is 4.79 Å². The van der Waals surface area contributed by atoms with Crippen molar-refractivity contribution in [3.63, 3.8) is 0 Å². The van der Waals surface area contributed by atoms with Crippen LogP contribution in [0.5, 0.6) is 11.5 Å². The van der Waals surface area contributed by atoms with E-state index in [1.165, 1.54) is 6.26 Å². The molecule has 1 fully saturated rings. The summed E-state index contributed by atoms with van der Waals surface area (Å²) >= 11 is 0. The van der Waals surface area contributed by atoms with E-state index in [1.54, 1.807) is 24.1 Å². The third-order valence-corrected chi connectivity index (χ3v) is 5.40. The third kappa shape index (κ3) is 5.13. The fourth-order valence-electron chi connectivity index (χ4n) is 3.37. The Bertz CT molecular complexity index is 831. The van der Waals surface area contributed by atoms with Gasteiger partial charge in [-0.2, -0.15) is 0 Å². The van der Waals surface area contributed by atoms with Crippen LogP contribution in [-0.4, -0.2) is 86.0 Å². The second-order valence-corrected chi connectivity index (χ2v) is 7.25. The van der Waals surface area contributed by atoms with Crippen molar-refractivity contribution >= 4 is 11.8 Å². The lowest BCUT2D eigenvalue weighted by atomic mass is 10.2. The van der Waals surface area contributed by atoms with Gasteiger partial charge in [-0.25, -0.2) is 0 Å². The Morgan fingerprint density at radius 3 is 2.37 bits per heavy atom. The Balaban J connectivity index is 1.44. The molecule has 162 valence electrons. The topological polar surface area (TPSA) is 75.5 Å². The highest BCUT2D eigenvalue weighted by Gasteiger charge is 2.29. The number of methoxy groups -OCH3 is 1. The van der Waals surface area contributed by atoms with E-state index in [2.05, 4.69) is 0 Å². The van der Waals surface area contributed by atoms with Crippen molar-refractivity contribution in [3.05, 3.63) is 48.4 Å². The highest BCUT2D eigenvalue weighted by molar-refractivity contribution is 5.91. The summed E-state index contributed by atoms with van der Waals surface area (Å²) in [5, 5.41) is 0. The fraction of sp³-hybridized carbons (Fsp3) is 0.455. The predicted molar refractivity (Wildman–Crippen MR) is 112 cm³/mol. The zero-order chi connectivity index (χ0) is 21.5. The molecule has 0 N–H and O–H groups in total. The van der Waals surface area contributed by atoms with E-state index in [0.29, 0.717) is 56.6 Å². The molecular weight excluding hydrogens is 386 g/mol. The molecule has 2 aromatic rings. The van der Waals surface area contributed by atoms with Crippen molar-refractivity contribution in [2.45, 2.75) is 13.0 Å². The Kier molecular flexibility index (Phi) is 7.35. The molecule has 1 atom stereocenters. The lowest BCUT2D eigenvalue weighted by Gasteiger charge is -2.37. The fourth-order valence-corrected chi connectivity index (χ4v) is 3.37. The summed E-state index contributed by atoms with van der Waals surface area (Å²) in [6.07, 6.45) is 1.49. The van der Waals surface area contributed by atoms with Crippen molar-refractivity contribution < 1.29 is 23.5 Å². The smallest absolute Gasteiger partial charge is 0.289 e. The Morgan fingerprint density at radius 1 is 1.07 bits per heavy atom. The summed E-state index contributed by atoms with van der Waals surface area (Å²) in [5.41, 5.74) is 0. The van der Waals surface area contributed by atoms with E-state index in [0.717, 1.165) is 0 Å². The minimum atomic E-state index is -0.279. The Morgan fingerprint density at radius 2 is 1.73 bits per heavy atom. The molecule has 8 nitrogen and oxygen atoms in total. The van der Waals surface area contributed by atoms with Gasteiger partial charge in [0, 0.05) is 32.7 Å². The molecule has 0 saturated carbocycles. The van der Waals surface area contributed by atoms with Gasteiger partial charge in [0.2, 0.25) is 5.91 Å². The largest absolute Gasteiger partial charge is 0.493 e. The number of hydrogen-bond donors (Lipinski definition) is 0. The average molecular weight is 415 g/mol. The summed E-state index contributed by atoms with van der Waals surface area (Å²) < 4.78 is 16.3. The van der Waals surface area contributed by atoms with Crippen molar-refractivity contribution in [2.24, 2.45) is 0 Å². The molecule has 30 heavy (non-hydrogen) atoms. The van der Waals surface area contributed by atoms with Crippen LogP contribution in [0.4, 0.5) is 0 Å². The van der Waals surface area contributed by atoms with Gasteiger partial charge >= 0.3 is 0 Å². The number of likely N-dealkylation sites (N-methyl/N-ethyl adjacent to an activating group) is 1. The number of para-hydroxylation sites is 2. The van der Waals surface area contributed by atoms with Crippen LogP contribution in [0.3, 0.4) is 0 Å². The number of nitrogens with zero attached hydrogens (tertiary/aromatic N) is 3. The number of amides is 2. The summed E-state index contributed by atoms with van der Waals surface area (Å²) in [6.45, 7) is 4.97. The molecule has 1 aromatic carbocycles. The van der Waals surface area contributed by atoms with Gasteiger partial charge < -0.3 is 23.7 Å². The molecule has 2 amide bonds. The molecule has 1 aliphatic heterocycles. The number of ether oxygens (including phenoxy) is 2. The highest BCUT2D eigenvalue weighted by Crippen LogP contribution is 2.25. The zero-order valence-corrected chi connectivity index (χ0v) is 17.7. The SMILES string of the molecule is COc1ccccc1OCCN(C)C(C)C(=O)N1CCN(C(=O)c2ccco2)CC1. The number of furan rings is 1. The number of carbonyl (C=O) groups excluding carboxylic acids is 2. The van der Waals surface area contributed by atoms with Gasteiger partial charge in [0.1, 0.15) is 6.61 Å². The average Bonchev–Trinajstić information content (AvgIpc) is 3.33. The first kappa shape index (κ1) is 21.7. The van der Waals surface area contributed by atoms with Crippen LogP contribution in [0.1, 0.15) is 17.5 Å².